The smallest absolute Gasteiger partial charge is 0.339 e. The van der Waals surface area contributed by atoms with Crippen molar-refractivity contribution >= 4 is 11.9 Å². The molecule has 0 bridgehead atoms. The quantitative estimate of drug-likeness (QED) is 0.857. The van der Waals surface area contributed by atoms with Crippen molar-refractivity contribution < 1.29 is 19.4 Å². The van der Waals surface area contributed by atoms with Gasteiger partial charge in [0.2, 0.25) is 0 Å². The Kier molecular flexibility index (Phi) is 5.37. The van der Waals surface area contributed by atoms with E-state index in [0.29, 0.717) is 22.9 Å². The molecule has 3 rings (SSSR count). The average molecular weight is 357 g/mol. The molecule has 1 amide bonds. The van der Waals surface area contributed by atoms with Crippen LogP contribution in [0.25, 0.3) is 5.69 Å². The lowest BCUT2D eigenvalue weighted by atomic mass is 9.93. The third kappa shape index (κ3) is 3.77. The zero-order chi connectivity index (χ0) is 18.7. The SMILES string of the molecule is Cc1c(C(=O)O)cnn1-c1ccc(C(=O)NC(C)C2CCOCC2)cc1. The van der Waals surface area contributed by atoms with Gasteiger partial charge in [-0.1, -0.05) is 0 Å². The van der Waals surface area contributed by atoms with Gasteiger partial charge in [0, 0.05) is 24.8 Å². The monoisotopic (exact) mass is 357 g/mol. The van der Waals surface area contributed by atoms with E-state index in [1.165, 1.54) is 6.20 Å². The summed E-state index contributed by atoms with van der Waals surface area (Å²) >= 11 is 0. The molecule has 2 N–H and O–H groups in total. The number of hydrogen-bond donors (Lipinski definition) is 2. The van der Waals surface area contributed by atoms with Gasteiger partial charge in [-0.25, -0.2) is 9.48 Å². The number of nitrogens with zero attached hydrogens (tertiary/aromatic N) is 2. The fraction of sp³-hybridized carbons (Fsp3) is 0.421. The second-order valence-corrected chi connectivity index (χ2v) is 6.62. The number of nitrogens with one attached hydrogen (secondary N) is 1. The molecule has 2 aromatic rings. The third-order valence-corrected chi connectivity index (χ3v) is 4.95. The van der Waals surface area contributed by atoms with Crippen molar-refractivity contribution in [3.63, 3.8) is 0 Å². The lowest BCUT2D eigenvalue weighted by Gasteiger charge is -2.28. The van der Waals surface area contributed by atoms with Crippen molar-refractivity contribution in [1.82, 2.24) is 15.1 Å². The normalized spacial score (nSPS) is 16.2. The van der Waals surface area contributed by atoms with Crippen molar-refractivity contribution in [1.29, 1.82) is 0 Å². The van der Waals surface area contributed by atoms with Gasteiger partial charge in [-0.15, -0.1) is 0 Å². The zero-order valence-corrected chi connectivity index (χ0v) is 14.9. The molecule has 1 aliphatic heterocycles. The average Bonchev–Trinajstić information content (AvgIpc) is 3.04. The Morgan fingerprint density at radius 3 is 2.50 bits per heavy atom. The van der Waals surface area contributed by atoms with Crippen molar-refractivity contribution in [3.8, 4) is 5.69 Å². The van der Waals surface area contributed by atoms with Gasteiger partial charge in [0.1, 0.15) is 5.56 Å². The highest BCUT2D eigenvalue weighted by Crippen LogP contribution is 2.19. The molecule has 7 heteroatoms. The molecule has 2 heterocycles. The molecule has 26 heavy (non-hydrogen) atoms. The summed E-state index contributed by atoms with van der Waals surface area (Å²) in [5.41, 5.74) is 1.99. The van der Waals surface area contributed by atoms with Crippen LogP contribution in [0, 0.1) is 12.8 Å². The first-order valence-corrected chi connectivity index (χ1v) is 8.74. The molecule has 1 aromatic carbocycles. The fourth-order valence-corrected chi connectivity index (χ4v) is 3.26. The number of rotatable bonds is 5. The van der Waals surface area contributed by atoms with E-state index in [4.69, 9.17) is 9.84 Å². The van der Waals surface area contributed by atoms with E-state index in [0.717, 1.165) is 26.1 Å². The summed E-state index contributed by atoms with van der Waals surface area (Å²) in [6.45, 7) is 5.23. The van der Waals surface area contributed by atoms with Gasteiger partial charge in [-0.2, -0.15) is 5.10 Å². The Morgan fingerprint density at radius 1 is 1.27 bits per heavy atom. The van der Waals surface area contributed by atoms with Gasteiger partial charge < -0.3 is 15.2 Å². The minimum Gasteiger partial charge on any atom is -0.478 e. The van der Waals surface area contributed by atoms with E-state index < -0.39 is 5.97 Å². The van der Waals surface area contributed by atoms with E-state index in [-0.39, 0.29) is 17.5 Å². The van der Waals surface area contributed by atoms with Crippen LogP contribution in [0.4, 0.5) is 0 Å². The first kappa shape index (κ1) is 18.1. The summed E-state index contributed by atoms with van der Waals surface area (Å²) in [5, 5.41) is 16.3. The Bertz CT molecular complexity index is 792. The molecule has 0 aliphatic carbocycles. The predicted molar refractivity (Wildman–Crippen MR) is 95.7 cm³/mol. The molecule has 0 spiro atoms. The fourth-order valence-electron chi connectivity index (χ4n) is 3.26. The molecule has 138 valence electrons. The highest BCUT2D eigenvalue weighted by molar-refractivity contribution is 5.94. The van der Waals surface area contributed by atoms with Crippen LogP contribution < -0.4 is 5.32 Å². The lowest BCUT2D eigenvalue weighted by Crippen LogP contribution is -2.40. The lowest BCUT2D eigenvalue weighted by molar-refractivity contribution is 0.0538. The molecule has 0 saturated carbocycles. The molecular weight excluding hydrogens is 334 g/mol. The summed E-state index contributed by atoms with van der Waals surface area (Å²) < 4.78 is 6.91. The number of amides is 1. The van der Waals surface area contributed by atoms with E-state index in [1.807, 2.05) is 6.92 Å². The number of hydrogen-bond acceptors (Lipinski definition) is 4. The Hall–Kier alpha value is -2.67. The maximum atomic E-state index is 12.5. The van der Waals surface area contributed by atoms with Crippen LogP contribution in [-0.2, 0) is 4.74 Å². The summed E-state index contributed by atoms with van der Waals surface area (Å²) in [5.74, 6) is -0.682. The molecule has 1 aliphatic rings. The first-order valence-electron chi connectivity index (χ1n) is 8.74. The molecular formula is C19H23N3O4. The molecule has 1 atom stereocenters. The van der Waals surface area contributed by atoms with Gasteiger partial charge in [-0.05, 0) is 56.9 Å². The summed E-state index contributed by atoms with van der Waals surface area (Å²) in [4.78, 5) is 23.6. The largest absolute Gasteiger partial charge is 0.478 e. The third-order valence-electron chi connectivity index (χ3n) is 4.95. The minimum atomic E-state index is -1.01. The van der Waals surface area contributed by atoms with Crippen LogP contribution in [-0.4, -0.2) is 46.0 Å². The number of carbonyl (C=O) groups excluding carboxylic acids is 1. The highest BCUT2D eigenvalue weighted by Gasteiger charge is 2.22. The Balaban J connectivity index is 1.69. The molecule has 7 nitrogen and oxygen atoms in total. The zero-order valence-electron chi connectivity index (χ0n) is 14.9. The summed E-state index contributed by atoms with van der Waals surface area (Å²) in [6.07, 6.45) is 3.25. The Morgan fingerprint density at radius 2 is 1.92 bits per heavy atom. The van der Waals surface area contributed by atoms with Crippen LogP contribution in [0.1, 0.15) is 46.2 Å². The molecule has 1 fully saturated rings. The van der Waals surface area contributed by atoms with E-state index in [2.05, 4.69) is 10.4 Å². The van der Waals surface area contributed by atoms with Gasteiger partial charge in [-0.3, -0.25) is 4.79 Å². The van der Waals surface area contributed by atoms with Crippen LogP contribution in [0.2, 0.25) is 0 Å². The summed E-state index contributed by atoms with van der Waals surface area (Å²) in [7, 11) is 0. The van der Waals surface area contributed by atoms with Crippen molar-refractivity contribution in [2.24, 2.45) is 5.92 Å². The second kappa shape index (κ2) is 7.70. The maximum absolute atomic E-state index is 12.5. The van der Waals surface area contributed by atoms with Crippen molar-refractivity contribution in [2.75, 3.05) is 13.2 Å². The van der Waals surface area contributed by atoms with Crippen LogP contribution in [0.3, 0.4) is 0 Å². The molecule has 1 unspecified atom stereocenters. The maximum Gasteiger partial charge on any atom is 0.339 e. The number of carboxylic acid groups (broad SMARTS) is 1. The number of benzene rings is 1. The van der Waals surface area contributed by atoms with Gasteiger partial charge in [0.25, 0.3) is 5.91 Å². The van der Waals surface area contributed by atoms with Crippen molar-refractivity contribution in [2.45, 2.75) is 32.7 Å². The van der Waals surface area contributed by atoms with Crippen LogP contribution in [0.5, 0.6) is 0 Å². The van der Waals surface area contributed by atoms with E-state index in [9.17, 15) is 9.59 Å². The van der Waals surface area contributed by atoms with E-state index >= 15 is 0 Å². The highest BCUT2D eigenvalue weighted by atomic mass is 16.5. The topological polar surface area (TPSA) is 93.5 Å². The van der Waals surface area contributed by atoms with Gasteiger partial charge in [0.15, 0.2) is 0 Å². The number of ether oxygens (including phenoxy) is 1. The molecule has 1 aromatic heterocycles. The van der Waals surface area contributed by atoms with Crippen LogP contribution >= 0.6 is 0 Å². The second-order valence-electron chi connectivity index (χ2n) is 6.62. The minimum absolute atomic E-state index is 0.0950. The summed E-state index contributed by atoms with van der Waals surface area (Å²) in [6, 6.07) is 7.07. The van der Waals surface area contributed by atoms with Gasteiger partial charge in [0.05, 0.1) is 17.6 Å². The predicted octanol–water partition coefficient (Wildman–Crippen LogP) is 2.42. The van der Waals surface area contributed by atoms with Crippen LogP contribution in [0.15, 0.2) is 30.5 Å². The number of aromatic nitrogens is 2. The molecule has 0 radical (unpaired) electrons. The Labute approximate surface area is 152 Å². The molecule has 1 saturated heterocycles. The first-order chi connectivity index (χ1) is 12.5. The number of carbonyl (C=O) groups is 2. The number of carboxylic acids is 1. The van der Waals surface area contributed by atoms with E-state index in [1.54, 1.807) is 35.9 Å². The van der Waals surface area contributed by atoms with Crippen molar-refractivity contribution in [3.05, 3.63) is 47.3 Å². The standard InChI is InChI=1S/C19H23N3O4/c1-12(14-7-9-26-10-8-14)21-18(23)15-3-5-16(6-4-15)22-13(2)17(11-20-22)19(24)25/h3-6,11-12,14H,7-10H2,1-2H3,(H,21,23)(H,24,25). The number of aromatic carboxylic acids is 1. The van der Waals surface area contributed by atoms with Gasteiger partial charge >= 0.3 is 5.97 Å².